The van der Waals surface area contributed by atoms with Crippen LogP contribution in [0.3, 0.4) is 0 Å². The molecule has 0 aliphatic carbocycles. The van der Waals surface area contributed by atoms with Crippen LogP contribution in [0, 0.1) is 5.92 Å². The molecule has 2 unspecified atom stereocenters. The van der Waals surface area contributed by atoms with Gasteiger partial charge in [-0.15, -0.1) is 11.3 Å². The molecule has 1 aliphatic rings. The minimum Gasteiger partial charge on any atom is -0.445 e. The molecule has 4 rings (SSSR count). The molecule has 1 fully saturated rings. The van der Waals surface area contributed by atoms with Crippen LogP contribution in [0.4, 0.5) is 4.79 Å². The summed E-state index contributed by atoms with van der Waals surface area (Å²) in [5, 5.41) is 13.9. The van der Waals surface area contributed by atoms with E-state index < -0.39 is 19.7 Å². The predicted molar refractivity (Wildman–Crippen MR) is 157 cm³/mol. The summed E-state index contributed by atoms with van der Waals surface area (Å²) >= 11 is 7.27. The van der Waals surface area contributed by atoms with E-state index in [4.69, 9.17) is 21.9 Å². The van der Waals surface area contributed by atoms with Gasteiger partial charge < -0.3 is 20.1 Å². The van der Waals surface area contributed by atoms with Crippen molar-refractivity contribution < 1.29 is 19.4 Å². The van der Waals surface area contributed by atoms with Crippen molar-refractivity contribution in [1.82, 2.24) is 15.2 Å². The molecule has 0 radical (unpaired) electrons. The number of thiazole rings is 1. The Kier molecular flexibility index (Phi) is 8.77. The molecule has 2 atom stereocenters. The monoisotopic (exact) mass is 567 g/mol. The van der Waals surface area contributed by atoms with Gasteiger partial charge in [0.25, 0.3) is 0 Å². The Balaban J connectivity index is 1.59. The zero-order valence-electron chi connectivity index (χ0n) is 21.8. The maximum absolute atomic E-state index is 13.1. The van der Waals surface area contributed by atoms with E-state index in [0.717, 1.165) is 15.1 Å². The van der Waals surface area contributed by atoms with Crippen molar-refractivity contribution in [2.24, 2.45) is 5.92 Å². The smallest absolute Gasteiger partial charge is 0.410 e. The molecular weight excluding hydrogens is 535 g/mol. The third-order valence-corrected chi connectivity index (χ3v) is 11.4. The molecule has 2 heterocycles. The van der Waals surface area contributed by atoms with Crippen molar-refractivity contribution in [3.63, 3.8) is 0 Å². The van der Waals surface area contributed by atoms with E-state index in [0.29, 0.717) is 10.6 Å². The van der Waals surface area contributed by atoms with Gasteiger partial charge in [-0.3, -0.25) is 9.78 Å². The molecule has 7 nitrogen and oxygen atoms in total. The van der Waals surface area contributed by atoms with Crippen molar-refractivity contribution in [3.8, 4) is 0 Å². The maximum atomic E-state index is 13.1. The van der Waals surface area contributed by atoms with Gasteiger partial charge in [0.2, 0.25) is 0 Å². The van der Waals surface area contributed by atoms with E-state index in [1.807, 2.05) is 54.7 Å². The maximum Gasteiger partial charge on any atom is 0.410 e. The van der Waals surface area contributed by atoms with Gasteiger partial charge in [-0.1, -0.05) is 92.5 Å². The number of hydrogen-bond donors (Lipinski definition) is 2. The van der Waals surface area contributed by atoms with Crippen LogP contribution < -0.4 is 9.95 Å². The number of aliphatic hydroxyl groups excluding tert-OH is 1. The van der Waals surface area contributed by atoms with Crippen LogP contribution in [0.25, 0.3) is 0 Å². The molecule has 10 heteroatoms. The number of likely N-dealkylation sites (tertiary alicyclic amines) is 1. The number of thiocarbonyl (C=S) groups is 1. The minimum atomic E-state index is -1.70. The highest BCUT2D eigenvalue weighted by Gasteiger charge is 2.51. The number of rotatable bonds is 9. The third kappa shape index (κ3) is 6.37. The molecule has 1 amide bonds. The van der Waals surface area contributed by atoms with Crippen molar-refractivity contribution in [2.45, 2.75) is 38.2 Å². The lowest BCUT2D eigenvalue weighted by Crippen LogP contribution is -2.52. The summed E-state index contributed by atoms with van der Waals surface area (Å²) in [6.07, 6.45) is 1.39. The fraction of sp³-hybridized carbons (Fsp3) is 0.357. The Bertz CT molecular complexity index is 1280. The van der Waals surface area contributed by atoms with Gasteiger partial charge in [-0.2, -0.15) is 0 Å². The van der Waals surface area contributed by atoms with Crippen LogP contribution in [0.2, 0.25) is 19.6 Å². The van der Waals surface area contributed by atoms with Gasteiger partial charge in [-0.25, -0.2) is 4.79 Å². The van der Waals surface area contributed by atoms with Gasteiger partial charge in [0.05, 0.1) is 39.6 Å². The second kappa shape index (κ2) is 11.9. The number of ether oxygens (including phenoxy) is 1. The van der Waals surface area contributed by atoms with Gasteiger partial charge in [0.15, 0.2) is 5.78 Å². The summed E-state index contributed by atoms with van der Waals surface area (Å²) in [5.74, 6) is -0.463. The second-order valence-electron chi connectivity index (χ2n) is 10.6. The fourth-order valence-electron chi connectivity index (χ4n) is 4.55. The Morgan fingerprint density at radius 3 is 2.42 bits per heavy atom. The summed E-state index contributed by atoms with van der Waals surface area (Å²) in [6.45, 7) is 7.18. The number of benzene rings is 2. The van der Waals surface area contributed by atoms with Gasteiger partial charge in [0, 0.05) is 24.2 Å². The van der Waals surface area contributed by atoms with E-state index >= 15 is 0 Å². The number of carbonyl (C=O) groups is 2. The molecule has 200 valence electrons. The lowest BCUT2D eigenvalue weighted by Gasteiger charge is -2.35. The summed E-state index contributed by atoms with van der Waals surface area (Å²) in [7, 11) is -1.70. The molecule has 0 bridgehead atoms. The molecule has 1 aliphatic heterocycles. The van der Waals surface area contributed by atoms with E-state index in [1.165, 1.54) is 0 Å². The summed E-state index contributed by atoms with van der Waals surface area (Å²) in [5.41, 5.74) is 0.594. The quantitative estimate of drug-likeness (QED) is 0.226. The zero-order chi connectivity index (χ0) is 27.3. The number of aromatic nitrogens is 1. The average molecular weight is 568 g/mol. The van der Waals surface area contributed by atoms with E-state index in [2.05, 4.69) is 25.0 Å². The Morgan fingerprint density at radius 1 is 1.16 bits per heavy atom. The number of ketones is 1. The van der Waals surface area contributed by atoms with E-state index in [1.54, 1.807) is 28.4 Å². The number of hydrogen-bond acceptors (Lipinski definition) is 7. The van der Waals surface area contributed by atoms with Crippen molar-refractivity contribution in [2.75, 3.05) is 19.7 Å². The van der Waals surface area contributed by atoms with Gasteiger partial charge in [-0.05, 0) is 5.56 Å². The second-order valence-corrected chi connectivity index (χ2v) is 17.4. The number of Topliss-reactive ketones (excluding diaryl/α,β-unsaturated/α-hetero) is 1. The molecular formula is C28H33N3O4S2Si. The predicted octanol–water partition coefficient (Wildman–Crippen LogP) is 4.33. The lowest BCUT2D eigenvalue weighted by molar-refractivity contribution is 0.0991. The summed E-state index contributed by atoms with van der Waals surface area (Å²) < 4.78 is 6.68. The Morgan fingerprint density at radius 2 is 1.82 bits per heavy atom. The lowest BCUT2D eigenvalue weighted by atomic mass is 9.86. The summed E-state index contributed by atoms with van der Waals surface area (Å²) in [4.78, 5) is 33.6. The highest BCUT2D eigenvalue weighted by Crippen LogP contribution is 2.39. The number of aliphatic hydroxyl groups is 1. The number of carbonyl (C=O) groups excluding carboxylic acids is 2. The molecule has 1 saturated heterocycles. The first-order valence-electron chi connectivity index (χ1n) is 12.5. The van der Waals surface area contributed by atoms with Crippen molar-refractivity contribution in [3.05, 3.63) is 82.9 Å². The molecule has 0 spiro atoms. The Labute approximate surface area is 233 Å². The van der Waals surface area contributed by atoms with Crippen molar-refractivity contribution >= 4 is 53.1 Å². The molecule has 38 heavy (non-hydrogen) atoms. The zero-order valence-corrected chi connectivity index (χ0v) is 24.5. The van der Waals surface area contributed by atoms with Crippen LogP contribution in [0.1, 0.15) is 27.2 Å². The van der Waals surface area contributed by atoms with Crippen LogP contribution >= 0.6 is 23.6 Å². The van der Waals surface area contributed by atoms with E-state index in [-0.39, 0.29) is 44.4 Å². The van der Waals surface area contributed by atoms with Crippen LogP contribution in [-0.4, -0.2) is 59.6 Å². The largest absolute Gasteiger partial charge is 0.445 e. The fourth-order valence-corrected chi connectivity index (χ4v) is 7.76. The number of amides is 1. The molecule has 1 aromatic heterocycles. The number of nitrogens with one attached hydrogen (secondary N) is 1. The average Bonchev–Trinajstić information content (AvgIpc) is 3.55. The highest BCUT2D eigenvalue weighted by molar-refractivity contribution is 7.80. The SMILES string of the molecule is C[Si](C)(C)c1ncc(C2(NC(=S)CC(=O)c3ccccc3)CN(C(=O)OCc3ccccc3)CC2CO)s1. The van der Waals surface area contributed by atoms with E-state index in [9.17, 15) is 14.7 Å². The molecule has 3 aromatic rings. The first-order valence-corrected chi connectivity index (χ1v) is 17.3. The topological polar surface area (TPSA) is 91.8 Å². The first-order chi connectivity index (χ1) is 18.1. The van der Waals surface area contributed by atoms with Crippen molar-refractivity contribution in [1.29, 1.82) is 0 Å². The summed E-state index contributed by atoms with van der Waals surface area (Å²) in [6, 6.07) is 18.5. The van der Waals surface area contributed by atoms with Crippen LogP contribution in [0.15, 0.2) is 66.9 Å². The van der Waals surface area contributed by atoms with Gasteiger partial charge in [0.1, 0.15) is 14.7 Å². The minimum absolute atomic E-state index is 0.0252. The highest BCUT2D eigenvalue weighted by atomic mass is 32.1. The van der Waals surface area contributed by atoms with Crippen LogP contribution in [0.5, 0.6) is 0 Å². The van der Waals surface area contributed by atoms with Gasteiger partial charge >= 0.3 is 6.09 Å². The standard InChI is InChI=1S/C28H33N3O4S2Si/c1-38(2,3)26-29-15-24(37-26)28(30-25(36)14-23(33)21-12-8-5-9-13-21)19-31(16-22(28)17-32)27(34)35-18-20-10-6-4-7-11-20/h4-13,15,22,32H,14,16-19H2,1-3H3,(H,30,36). The normalized spacial score (nSPS) is 19.3. The molecule has 0 saturated carbocycles. The molecule has 2 aromatic carbocycles. The first kappa shape index (κ1) is 28.1. The Hall–Kier alpha value is -2.92. The number of nitrogens with zero attached hydrogens (tertiary/aromatic N) is 2. The molecule has 2 N–H and O–H groups in total. The van der Waals surface area contributed by atoms with Crippen LogP contribution in [-0.2, 0) is 16.9 Å². The third-order valence-electron chi connectivity index (χ3n) is 6.63.